The Bertz CT molecular complexity index is 901. The molecule has 0 spiro atoms. The number of halogens is 2. The molecule has 1 aromatic heterocycles. The Morgan fingerprint density at radius 2 is 1.96 bits per heavy atom. The summed E-state index contributed by atoms with van der Waals surface area (Å²) in [4.78, 5) is 11.9. The van der Waals surface area contributed by atoms with Crippen LogP contribution >= 0.6 is 35.0 Å². The Morgan fingerprint density at radius 3 is 2.77 bits per heavy atom. The van der Waals surface area contributed by atoms with Crippen molar-refractivity contribution >= 4 is 40.9 Å². The van der Waals surface area contributed by atoms with Crippen LogP contribution in [0.5, 0.6) is 0 Å². The number of rotatable bonds is 7. The van der Waals surface area contributed by atoms with Crippen molar-refractivity contribution in [1.82, 2.24) is 15.5 Å². The summed E-state index contributed by atoms with van der Waals surface area (Å²) < 4.78 is 5.58. The van der Waals surface area contributed by atoms with Gasteiger partial charge in [-0.3, -0.25) is 4.79 Å². The van der Waals surface area contributed by atoms with Gasteiger partial charge in [0, 0.05) is 34.3 Å². The molecule has 26 heavy (non-hydrogen) atoms. The largest absolute Gasteiger partial charge is 0.411 e. The second-order valence-corrected chi connectivity index (χ2v) is 7.24. The van der Waals surface area contributed by atoms with Crippen LogP contribution in [0.15, 0.2) is 58.2 Å². The maximum Gasteiger partial charge on any atom is 0.276 e. The van der Waals surface area contributed by atoms with E-state index in [2.05, 4.69) is 15.5 Å². The first-order valence-corrected chi connectivity index (χ1v) is 9.58. The van der Waals surface area contributed by atoms with Crippen LogP contribution in [0.2, 0.25) is 10.0 Å². The van der Waals surface area contributed by atoms with Crippen LogP contribution in [-0.2, 0) is 11.3 Å². The standard InChI is InChI=1S/C18H15Cl2N3O2S/c19-14-6-3-5-12(10-14)17-22-23-18(25-17)26-9-8-16(24)21-11-13-4-1-2-7-15(13)20/h1-7,10H,8-9,11H2,(H,21,24). The van der Waals surface area contributed by atoms with Gasteiger partial charge in [0.15, 0.2) is 0 Å². The zero-order valence-corrected chi connectivity index (χ0v) is 15.9. The zero-order valence-electron chi connectivity index (χ0n) is 13.6. The van der Waals surface area contributed by atoms with Crippen LogP contribution in [0.25, 0.3) is 11.5 Å². The fraction of sp³-hybridized carbons (Fsp3) is 0.167. The molecule has 0 fully saturated rings. The van der Waals surface area contributed by atoms with E-state index in [-0.39, 0.29) is 5.91 Å². The minimum Gasteiger partial charge on any atom is -0.411 e. The number of hydrogen-bond donors (Lipinski definition) is 1. The third kappa shape index (κ3) is 5.24. The summed E-state index contributed by atoms with van der Waals surface area (Å²) in [5.41, 5.74) is 1.65. The predicted octanol–water partition coefficient (Wildman–Crippen LogP) is 4.84. The molecule has 0 aliphatic heterocycles. The van der Waals surface area contributed by atoms with Crippen LogP contribution in [0.1, 0.15) is 12.0 Å². The fourth-order valence-corrected chi connectivity index (χ4v) is 3.25. The summed E-state index contributed by atoms with van der Waals surface area (Å²) in [5, 5.41) is 12.5. The van der Waals surface area contributed by atoms with Gasteiger partial charge in [-0.25, -0.2) is 0 Å². The first-order chi connectivity index (χ1) is 12.6. The third-order valence-electron chi connectivity index (χ3n) is 3.47. The smallest absolute Gasteiger partial charge is 0.276 e. The molecule has 0 saturated heterocycles. The van der Waals surface area contributed by atoms with Gasteiger partial charge in [0.05, 0.1) is 0 Å². The van der Waals surface area contributed by atoms with Gasteiger partial charge >= 0.3 is 0 Å². The molecular weight excluding hydrogens is 393 g/mol. The van der Waals surface area contributed by atoms with Crippen molar-refractivity contribution in [2.24, 2.45) is 0 Å². The van der Waals surface area contributed by atoms with Crippen LogP contribution in [-0.4, -0.2) is 21.9 Å². The lowest BCUT2D eigenvalue weighted by atomic mass is 10.2. The molecule has 0 bridgehead atoms. The highest BCUT2D eigenvalue weighted by Gasteiger charge is 2.10. The van der Waals surface area contributed by atoms with Crippen molar-refractivity contribution in [2.45, 2.75) is 18.2 Å². The number of amides is 1. The summed E-state index contributed by atoms with van der Waals surface area (Å²) in [6.07, 6.45) is 0.337. The number of hydrogen-bond acceptors (Lipinski definition) is 5. The molecule has 1 heterocycles. The van der Waals surface area contributed by atoms with Gasteiger partial charge in [-0.15, -0.1) is 10.2 Å². The number of carbonyl (C=O) groups is 1. The lowest BCUT2D eigenvalue weighted by Crippen LogP contribution is -2.23. The Kier molecular flexibility index (Phi) is 6.55. The van der Waals surface area contributed by atoms with Crippen LogP contribution < -0.4 is 5.32 Å². The maximum absolute atomic E-state index is 11.9. The van der Waals surface area contributed by atoms with E-state index in [0.29, 0.717) is 39.9 Å². The molecule has 8 heteroatoms. The summed E-state index contributed by atoms with van der Waals surface area (Å²) in [6, 6.07) is 14.6. The Hall–Kier alpha value is -2.02. The molecule has 3 aromatic rings. The quantitative estimate of drug-likeness (QED) is 0.567. The van der Waals surface area contributed by atoms with Gasteiger partial charge in [0.2, 0.25) is 11.8 Å². The molecule has 2 aromatic carbocycles. The average molecular weight is 408 g/mol. The monoisotopic (exact) mass is 407 g/mol. The number of nitrogens with one attached hydrogen (secondary N) is 1. The van der Waals surface area contributed by atoms with Gasteiger partial charge in [0.1, 0.15) is 0 Å². The number of nitrogens with zero attached hydrogens (tertiary/aromatic N) is 2. The molecule has 0 saturated carbocycles. The second-order valence-electron chi connectivity index (χ2n) is 5.35. The van der Waals surface area contributed by atoms with E-state index in [0.717, 1.165) is 11.1 Å². The van der Waals surface area contributed by atoms with Gasteiger partial charge in [0.25, 0.3) is 5.22 Å². The molecule has 0 radical (unpaired) electrons. The lowest BCUT2D eigenvalue weighted by Gasteiger charge is -2.06. The van der Waals surface area contributed by atoms with E-state index < -0.39 is 0 Å². The summed E-state index contributed by atoms with van der Waals surface area (Å²) in [5.74, 6) is 0.871. The topological polar surface area (TPSA) is 68.0 Å². The molecule has 0 aliphatic rings. The predicted molar refractivity (Wildman–Crippen MR) is 103 cm³/mol. The van der Waals surface area contributed by atoms with Gasteiger partial charge < -0.3 is 9.73 Å². The molecule has 1 amide bonds. The van der Waals surface area contributed by atoms with Gasteiger partial charge in [-0.05, 0) is 29.8 Å². The molecule has 0 unspecified atom stereocenters. The minimum absolute atomic E-state index is 0.0630. The maximum atomic E-state index is 11.9. The van der Waals surface area contributed by atoms with Crippen molar-refractivity contribution in [3.8, 4) is 11.5 Å². The first kappa shape index (κ1) is 18.8. The van der Waals surface area contributed by atoms with Gasteiger partial charge in [-0.1, -0.05) is 59.2 Å². The molecular formula is C18H15Cl2N3O2S. The van der Waals surface area contributed by atoms with E-state index in [9.17, 15) is 4.79 Å². The SMILES string of the molecule is O=C(CCSc1nnc(-c2cccc(Cl)c2)o1)NCc1ccccc1Cl. The fourth-order valence-electron chi connectivity index (χ4n) is 2.16. The summed E-state index contributed by atoms with van der Waals surface area (Å²) in [7, 11) is 0. The second kappa shape index (κ2) is 9.07. The summed E-state index contributed by atoms with van der Waals surface area (Å²) in [6.45, 7) is 0.405. The normalized spacial score (nSPS) is 10.7. The first-order valence-electron chi connectivity index (χ1n) is 7.84. The molecule has 5 nitrogen and oxygen atoms in total. The van der Waals surface area contributed by atoms with E-state index in [1.807, 2.05) is 30.3 Å². The number of carbonyl (C=O) groups excluding carboxylic acids is 1. The Morgan fingerprint density at radius 1 is 1.12 bits per heavy atom. The van der Waals surface area contributed by atoms with Crippen molar-refractivity contribution in [2.75, 3.05) is 5.75 Å². The van der Waals surface area contributed by atoms with E-state index in [1.54, 1.807) is 18.2 Å². The number of thioether (sulfide) groups is 1. The highest BCUT2D eigenvalue weighted by molar-refractivity contribution is 7.99. The Labute approximate surface area is 165 Å². The van der Waals surface area contributed by atoms with Crippen LogP contribution in [0.3, 0.4) is 0 Å². The molecule has 1 N–H and O–H groups in total. The van der Waals surface area contributed by atoms with Crippen LogP contribution in [0.4, 0.5) is 0 Å². The van der Waals surface area contributed by atoms with Gasteiger partial charge in [-0.2, -0.15) is 0 Å². The number of benzene rings is 2. The van der Waals surface area contributed by atoms with Crippen molar-refractivity contribution in [3.63, 3.8) is 0 Å². The van der Waals surface area contributed by atoms with Crippen molar-refractivity contribution in [3.05, 3.63) is 64.1 Å². The Balaban J connectivity index is 1.45. The highest BCUT2D eigenvalue weighted by Crippen LogP contribution is 2.25. The van der Waals surface area contributed by atoms with E-state index in [1.165, 1.54) is 11.8 Å². The highest BCUT2D eigenvalue weighted by atomic mass is 35.5. The van der Waals surface area contributed by atoms with E-state index in [4.69, 9.17) is 27.6 Å². The summed E-state index contributed by atoms with van der Waals surface area (Å²) >= 11 is 13.4. The molecule has 0 aliphatic carbocycles. The average Bonchev–Trinajstić information content (AvgIpc) is 3.10. The third-order valence-corrected chi connectivity index (χ3v) is 4.89. The lowest BCUT2D eigenvalue weighted by molar-refractivity contribution is -0.120. The molecule has 0 atom stereocenters. The molecule has 134 valence electrons. The van der Waals surface area contributed by atoms with E-state index >= 15 is 0 Å². The van der Waals surface area contributed by atoms with Crippen molar-refractivity contribution < 1.29 is 9.21 Å². The zero-order chi connectivity index (χ0) is 18.4. The van der Waals surface area contributed by atoms with Crippen LogP contribution in [0, 0.1) is 0 Å². The van der Waals surface area contributed by atoms with Crippen molar-refractivity contribution in [1.29, 1.82) is 0 Å². The minimum atomic E-state index is -0.0630. The number of aromatic nitrogens is 2. The molecule has 3 rings (SSSR count).